The van der Waals surface area contributed by atoms with Crippen molar-refractivity contribution in [3.8, 4) is 5.75 Å². The molecule has 0 aliphatic heterocycles. The monoisotopic (exact) mass is 420 g/mol. The number of rotatable bonds is 10. The number of carbonyl (C=O) groups excluding carboxylic acids is 1. The van der Waals surface area contributed by atoms with Gasteiger partial charge in [0.05, 0.1) is 6.61 Å². The Morgan fingerprint density at radius 2 is 1.70 bits per heavy atom. The molecule has 2 nitrogen and oxygen atoms in total. The largest absolute Gasteiger partial charge is 1.00 e. The third-order valence-electron chi connectivity index (χ3n) is 6.06. The smallest absolute Gasteiger partial charge is 1.00 e. The van der Waals surface area contributed by atoms with Crippen molar-refractivity contribution in [2.75, 3.05) is 6.61 Å². The van der Waals surface area contributed by atoms with Crippen LogP contribution < -0.4 is 28.9 Å². The Morgan fingerprint density at radius 1 is 1.00 bits per heavy atom. The average molecular weight is 421 g/mol. The number of hydrogen-bond acceptors (Lipinski definition) is 2. The summed E-state index contributed by atoms with van der Waals surface area (Å²) < 4.78 is 6.07. The Balaban J connectivity index is 0.00000450. The van der Waals surface area contributed by atoms with Crippen LogP contribution in [-0.4, -0.2) is 12.1 Å². The molecule has 0 aromatic heterocycles. The van der Waals surface area contributed by atoms with Gasteiger partial charge in [0.25, 0.3) is 0 Å². The molecule has 2 atom stereocenters. The zero-order valence-electron chi connectivity index (χ0n) is 21.2. The van der Waals surface area contributed by atoms with Gasteiger partial charge in [-0.1, -0.05) is 45.2 Å². The summed E-state index contributed by atoms with van der Waals surface area (Å²) in [4.78, 5) is 13.1. The van der Waals surface area contributed by atoms with Gasteiger partial charge >= 0.3 is 18.9 Å². The summed E-state index contributed by atoms with van der Waals surface area (Å²) in [5.74, 6) is 1.53. The molecule has 4 heteroatoms. The van der Waals surface area contributed by atoms with Crippen molar-refractivity contribution in [1.82, 2.24) is 0 Å². The molecule has 2 aromatic carbocycles. The van der Waals surface area contributed by atoms with Crippen molar-refractivity contribution in [3.63, 3.8) is 0 Å². The number of benzene rings is 2. The molecule has 0 radical (unpaired) electrons. The van der Waals surface area contributed by atoms with Crippen molar-refractivity contribution in [2.45, 2.75) is 74.1 Å². The quantitative estimate of drug-likeness (QED) is 0.428. The minimum Gasteiger partial charge on any atom is -1.00 e. The molecule has 0 fully saturated rings. The van der Waals surface area contributed by atoms with Crippen LogP contribution in [0.4, 0.5) is 0 Å². The van der Waals surface area contributed by atoms with Crippen LogP contribution in [0.15, 0.2) is 24.3 Å². The van der Waals surface area contributed by atoms with Crippen LogP contribution in [0.5, 0.6) is 5.75 Å². The SMILES string of the molecule is CCCCC(CC)COc1ccc(PC(=O)c2c(C)cc(C)c(C)c2C)c(C)c1.[H-].[Li+]. The fourth-order valence-electron chi connectivity index (χ4n) is 3.80. The second-order valence-corrected chi connectivity index (χ2v) is 9.54. The Labute approximate surface area is 199 Å². The van der Waals surface area contributed by atoms with E-state index in [0.29, 0.717) is 5.92 Å². The second-order valence-electron chi connectivity index (χ2n) is 8.29. The number of ether oxygens (including phenoxy) is 1. The van der Waals surface area contributed by atoms with E-state index in [2.05, 4.69) is 59.7 Å². The van der Waals surface area contributed by atoms with Crippen LogP contribution in [0.3, 0.4) is 0 Å². The molecule has 0 amide bonds. The molecular weight excluding hydrogens is 382 g/mol. The van der Waals surface area contributed by atoms with E-state index in [4.69, 9.17) is 4.74 Å². The van der Waals surface area contributed by atoms with E-state index >= 15 is 0 Å². The van der Waals surface area contributed by atoms with Gasteiger partial charge < -0.3 is 6.16 Å². The molecule has 30 heavy (non-hydrogen) atoms. The van der Waals surface area contributed by atoms with Gasteiger partial charge in [-0.2, -0.15) is 0 Å². The molecule has 0 bridgehead atoms. The maximum Gasteiger partial charge on any atom is 1.00 e. The van der Waals surface area contributed by atoms with Gasteiger partial charge in [0.1, 0.15) is 5.75 Å². The molecule has 0 aliphatic rings. The molecule has 0 saturated heterocycles. The van der Waals surface area contributed by atoms with Crippen LogP contribution >= 0.6 is 8.58 Å². The molecular formula is C26H38LiO2P. The Kier molecular flexibility index (Phi) is 11.4. The van der Waals surface area contributed by atoms with Crippen molar-refractivity contribution in [3.05, 3.63) is 57.6 Å². The maximum absolute atomic E-state index is 13.1. The minimum absolute atomic E-state index is 0. The topological polar surface area (TPSA) is 26.3 Å². The fraction of sp³-hybridized carbons (Fsp3) is 0.500. The summed E-state index contributed by atoms with van der Waals surface area (Å²) in [6, 6.07) is 8.31. The van der Waals surface area contributed by atoms with Crippen molar-refractivity contribution >= 4 is 19.4 Å². The van der Waals surface area contributed by atoms with Crippen LogP contribution in [-0.2, 0) is 0 Å². The van der Waals surface area contributed by atoms with Crippen LogP contribution in [0.25, 0.3) is 0 Å². The summed E-state index contributed by atoms with van der Waals surface area (Å²) in [7, 11) is 0.140. The average Bonchev–Trinajstić information content (AvgIpc) is 2.68. The van der Waals surface area contributed by atoms with Gasteiger partial charge in [-0.3, -0.25) is 4.79 Å². The third kappa shape index (κ3) is 6.98. The molecule has 0 saturated carbocycles. The van der Waals surface area contributed by atoms with Crippen molar-refractivity contribution < 1.29 is 29.8 Å². The molecule has 2 unspecified atom stereocenters. The van der Waals surface area contributed by atoms with E-state index in [0.717, 1.165) is 46.3 Å². The zero-order chi connectivity index (χ0) is 21.6. The summed E-state index contributed by atoms with van der Waals surface area (Å²) >= 11 is 0. The van der Waals surface area contributed by atoms with E-state index in [1.807, 2.05) is 13.0 Å². The van der Waals surface area contributed by atoms with Crippen LogP contribution in [0.2, 0.25) is 0 Å². The maximum atomic E-state index is 13.1. The van der Waals surface area contributed by atoms with E-state index < -0.39 is 0 Å². The second kappa shape index (κ2) is 12.7. The number of aryl methyl sites for hydroxylation is 3. The Hall–Kier alpha value is -1.06. The number of carbonyl (C=O) groups is 1. The van der Waals surface area contributed by atoms with Gasteiger partial charge in [-0.15, -0.1) is 0 Å². The first kappa shape index (κ1) is 27.0. The molecule has 0 aliphatic carbocycles. The first-order chi connectivity index (χ1) is 13.8. The number of hydrogen-bond donors (Lipinski definition) is 0. The van der Waals surface area contributed by atoms with Crippen molar-refractivity contribution in [2.24, 2.45) is 5.92 Å². The Morgan fingerprint density at radius 3 is 2.30 bits per heavy atom. The molecule has 0 N–H and O–H groups in total. The first-order valence-electron chi connectivity index (χ1n) is 10.9. The van der Waals surface area contributed by atoms with E-state index in [1.165, 1.54) is 30.4 Å². The molecule has 2 aromatic rings. The summed E-state index contributed by atoms with van der Waals surface area (Å²) in [6.07, 6.45) is 4.88. The summed E-state index contributed by atoms with van der Waals surface area (Å²) in [6.45, 7) is 15.7. The van der Waals surface area contributed by atoms with Gasteiger partial charge in [-0.05, 0) is 101 Å². The predicted octanol–water partition coefficient (Wildman–Crippen LogP) is 4.08. The zero-order valence-corrected chi connectivity index (χ0v) is 21.2. The van der Waals surface area contributed by atoms with Crippen LogP contribution in [0.1, 0.15) is 79.1 Å². The third-order valence-corrected chi connectivity index (χ3v) is 7.37. The van der Waals surface area contributed by atoms with Gasteiger partial charge in [0.2, 0.25) is 0 Å². The number of unbranched alkanes of at least 4 members (excludes halogenated alkanes) is 1. The first-order valence-corrected chi connectivity index (χ1v) is 11.9. The predicted molar refractivity (Wildman–Crippen MR) is 129 cm³/mol. The molecule has 2 rings (SSSR count). The van der Waals surface area contributed by atoms with E-state index in [1.54, 1.807) is 0 Å². The normalized spacial score (nSPS) is 12.1. The van der Waals surface area contributed by atoms with Gasteiger partial charge in [0, 0.05) is 5.56 Å². The van der Waals surface area contributed by atoms with Gasteiger partial charge in [0.15, 0.2) is 5.52 Å². The fourth-order valence-corrected chi connectivity index (χ4v) is 4.99. The minimum atomic E-state index is 0. The summed E-state index contributed by atoms with van der Waals surface area (Å²) in [5, 5.41) is 1.11. The van der Waals surface area contributed by atoms with Crippen molar-refractivity contribution in [1.29, 1.82) is 0 Å². The molecule has 160 valence electrons. The Bertz CT molecular complexity index is 867. The van der Waals surface area contributed by atoms with E-state index in [-0.39, 0.29) is 34.4 Å². The summed E-state index contributed by atoms with van der Waals surface area (Å²) in [5.41, 5.74) is 6.93. The molecule has 0 spiro atoms. The molecule has 0 heterocycles. The van der Waals surface area contributed by atoms with Crippen LogP contribution in [0, 0.1) is 40.5 Å². The van der Waals surface area contributed by atoms with Gasteiger partial charge in [-0.25, -0.2) is 0 Å². The standard InChI is InChI=1S/C26H37O2P.Li.H/c1-8-10-11-22(9-2)16-28-23-12-13-24(18(4)15-23)29-26(27)25-19(5)14-17(3)20(6)21(25)7;;/h12-15,22,29H,8-11,16H2,1-7H3;;/q;+1;-1. The van der Waals surface area contributed by atoms with E-state index in [9.17, 15) is 4.79 Å².